The number of piperidine rings is 1. The maximum atomic E-state index is 12.8. The Morgan fingerprint density at radius 3 is 2.41 bits per heavy atom. The van der Waals surface area contributed by atoms with Gasteiger partial charge in [0.05, 0.1) is 0 Å². The highest BCUT2D eigenvalue weighted by atomic mass is 19.4. The van der Waals surface area contributed by atoms with E-state index in [4.69, 9.17) is 0 Å². The second-order valence-electron chi connectivity index (χ2n) is 7.63. The van der Waals surface area contributed by atoms with E-state index < -0.39 is 11.9 Å². The van der Waals surface area contributed by atoms with Crippen molar-refractivity contribution in [3.05, 3.63) is 53.5 Å². The Balaban J connectivity index is 1.50. The van der Waals surface area contributed by atoms with Gasteiger partial charge in [0.2, 0.25) is 5.91 Å². The van der Waals surface area contributed by atoms with E-state index in [0.29, 0.717) is 38.4 Å². The van der Waals surface area contributed by atoms with Crippen LogP contribution in [0.4, 0.5) is 19.0 Å². The fraction of sp³-hybridized carbons (Fsp3) is 0.476. The average Bonchev–Trinajstić information content (AvgIpc) is 2.72. The summed E-state index contributed by atoms with van der Waals surface area (Å²) in [6.45, 7) is 5.70. The van der Waals surface area contributed by atoms with E-state index in [2.05, 4.69) is 41.3 Å². The molecule has 2 heterocycles. The molecule has 0 spiro atoms. The molecular formula is C21H25F3N4O. The van der Waals surface area contributed by atoms with Gasteiger partial charge in [-0.15, -0.1) is 0 Å². The number of nitrogens with zero attached hydrogens (tertiary/aromatic N) is 3. The molecule has 0 bridgehead atoms. The first-order valence-electron chi connectivity index (χ1n) is 9.75. The van der Waals surface area contributed by atoms with Crippen LogP contribution in [0, 0.1) is 5.92 Å². The fourth-order valence-electron chi connectivity index (χ4n) is 3.40. The molecule has 3 rings (SSSR count). The van der Waals surface area contributed by atoms with Crippen LogP contribution in [0.1, 0.15) is 49.4 Å². The van der Waals surface area contributed by atoms with Crippen molar-refractivity contribution in [3.63, 3.8) is 0 Å². The Morgan fingerprint density at radius 1 is 1.17 bits per heavy atom. The van der Waals surface area contributed by atoms with Crippen LogP contribution in [-0.2, 0) is 17.5 Å². The first kappa shape index (κ1) is 21.1. The van der Waals surface area contributed by atoms with Gasteiger partial charge in [0.25, 0.3) is 0 Å². The van der Waals surface area contributed by atoms with E-state index >= 15 is 0 Å². The number of amides is 1. The van der Waals surface area contributed by atoms with Gasteiger partial charge in [-0.2, -0.15) is 13.2 Å². The molecule has 8 heteroatoms. The highest BCUT2D eigenvalue weighted by molar-refractivity contribution is 5.79. The topological polar surface area (TPSA) is 58.1 Å². The van der Waals surface area contributed by atoms with Crippen LogP contribution in [0.15, 0.2) is 36.7 Å². The van der Waals surface area contributed by atoms with E-state index in [-0.39, 0.29) is 17.6 Å². The van der Waals surface area contributed by atoms with Crippen LogP contribution in [-0.4, -0.2) is 29.0 Å². The van der Waals surface area contributed by atoms with Crippen molar-refractivity contribution >= 4 is 11.7 Å². The summed E-state index contributed by atoms with van der Waals surface area (Å²) < 4.78 is 38.5. The lowest BCUT2D eigenvalue weighted by Gasteiger charge is -2.32. The van der Waals surface area contributed by atoms with Crippen molar-refractivity contribution in [3.8, 4) is 0 Å². The zero-order chi connectivity index (χ0) is 21.0. The predicted molar refractivity (Wildman–Crippen MR) is 104 cm³/mol. The molecule has 0 radical (unpaired) electrons. The summed E-state index contributed by atoms with van der Waals surface area (Å²) in [5, 5.41) is 2.97. The summed E-state index contributed by atoms with van der Waals surface area (Å²) in [6.07, 6.45) is -2.42. The molecule has 1 aromatic carbocycles. The van der Waals surface area contributed by atoms with E-state index in [1.54, 1.807) is 4.90 Å². The Bertz CT molecular complexity index is 829. The maximum absolute atomic E-state index is 12.8. The molecule has 1 aliphatic rings. The van der Waals surface area contributed by atoms with E-state index in [0.717, 1.165) is 18.0 Å². The molecule has 156 valence electrons. The Morgan fingerprint density at radius 2 is 1.83 bits per heavy atom. The summed E-state index contributed by atoms with van der Waals surface area (Å²) in [6, 6.07) is 9.14. The minimum atomic E-state index is -4.50. The number of benzene rings is 1. The van der Waals surface area contributed by atoms with Crippen molar-refractivity contribution in [2.45, 2.75) is 45.3 Å². The molecule has 1 saturated heterocycles. The number of halogens is 3. The number of aromatic nitrogens is 2. The van der Waals surface area contributed by atoms with E-state index in [1.165, 1.54) is 5.56 Å². The predicted octanol–water partition coefficient (Wildman–Crippen LogP) is 4.15. The second-order valence-corrected chi connectivity index (χ2v) is 7.63. The van der Waals surface area contributed by atoms with Gasteiger partial charge >= 0.3 is 6.18 Å². The number of hydrogen-bond donors (Lipinski definition) is 1. The number of nitrogens with one attached hydrogen (secondary N) is 1. The largest absolute Gasteiger partial charge is 0.433 e. The standard InChI is InChI=1S/C21H25F3N4O/c1-14(2)16-5-3-15(4-6-16)12-25-20(29)17-7-9-28(10-8-17)19-11-18(21(22,23)24)26-13-27-19/h3-6,11,13-14,17H,7-10,12H2,1-2H3,(H,25,29). The van der Waals surface area contributed by atoms with Gasteiger partial charge < -0.3 is 10.2 Å². The monoisotopic (exact) mass is 406 g/mol. The zero-order valence-electron chi connectivity index (χ0n) is 16.5. The molecule has 5 nitrogen and oxygen atoms in total. The third kappa shape index (κ3) is 5.46. The van der Waals surface area contributed by atoms with Crippen LogP contribution in [0.2, 0.25) is 0 Å². The van der Waals surface area contributed by atoms with Crippen molar-refractivity contribution < 1.29 is 18.0 Å². The van der Waals surface area contributed by atoms with Crippen LogP contribution in [0.3, 0.4) is 0 Å². The van der Waals surface area contributed by atoms with E-state index in [1.807, 2.05) is 12.1 Å². The van der Waals surface area contributed by atoms with Crippen molar-refractivity contribution in [2.24, 2.45) is 5.92 Å². The first-order valence-corrected chi connectivity index (χ1v) is 9.75. The van der Waals surface area contributed by atoms with Crippen molar-refractivity contribution in [1.29, 1.82) is 0 Å². The maximum Gasteiger partial charge on any atom is 0.433 e. The number of carbonyl (C=O) groups is 1. The quantitative estimate of drug-likeness (QED) is 0.810. The lowest BCUT2D eigenvalue weighted by Crippen LogP contribution is -2.40. The Hall–Kier alpha value is -2.64. The van der Waals surface area contributed by atoms with Crippen molar-refractivity contribution in [2.75, 3.05) is 18.0 Å². The van der Waals surface area contributed by atoms with Gasteiger partial charge in [-0.25, -0.2) is 9.97 Å². The van der Waals surface area contributed by atoms with Gasteiger partial charge in [0, 0.05) is 31.6 Å². The number of alkyl halides is 3. The van der Waals surface area contributed by atoms with E-state index in [9.17, 15) is 18.0 Å². The molecule has 0 unspecified atom stereocenters. The molecule has 1 amide bonds. The molecule has 2 aromatic rings. The number of carbonyl (C=O) groups excluding carboxylic acids is 1. The number of hydrogen-bond acceptors (Lipinski definition) is 4. The van der Waals surface area contributed by atoms with Gasteiger partial charge in [0.1, 0.15) is 17.8 Å². The summed E-state index contributed by atoms with van der Waals surface area (Å²) in [4.78, 5) is 21.5. The third-order valence-electron chi connectivity index (χ3n) is 5.25. The number of anilines is 1. The fourth-order valence-corrected chi connectivity index (χ4v) is 3.40. The van der Waals surface area contributed by atoms with Crippen LogP contribution in [0.25, 0.3) is 0 Å². The average molecular weight is 406 g/mol. The van der Waals surface area contributed by atoms with Crippen molar-refractivity contribution in [1.82, 2.24) is 15.3 Å². The molecule has 0 aliphatic carbocycles. The molecule has 1 aliphatic heterocycles. The summed E-state index contributed by atoms with van der Waals surface area (Å²) in [5.74, 6) is 0.545. The molecular weight excluding hydrogens is 381 g/mol. The minimum Gasteiger partial charge on any atom is -0.356 e. The lowest BCUT2D eigenvalue weighted by molar-refractivity contribution is -0.141. The third-order valence-corrected chi connectivity index (χ3v) is 5.25. The SMILES string of the molecule is CC(C)c1ccc(CNC(=O)C2CCN(c3cc(C(F)(F)F)ncn3)CC2)cc1. The van der Waals surface area contributed by atoms with Crippen LogP contribution in [0.5, 0.6) is 0 Å². The lowest BCUT2D eigenvalue weighted by atomic mass is 9.95. The molecule has 0 atom stereocenters. The highest BCUT2D eigenvalue weighted by Gasteiger charge is 2.34. The summed E-state index contributed by atoms with van der Waals surface area (Å²) in [7, 11) is 0. The first-order chi connectivity index (χ1) is 13.7. The molecule has 1 N–H and O–H groups in total. The normalized spacial score (nSPS) is 15.6. The Labute approximate surface area is 168 Å². The second kappa shape index (κ2) is 8.80. The zero-order valence-corrected chi connectivity index (χ0v) is 16.5. The molecule has 29 heavy (non-hydrogen) atoms. The Kier molecular flexibility index (Phi) is 6.39. The van der Waals surface area contributed by atoms with Gasteiger partial charge in [0.15, 0.2) is 0 Å². The minimum absolute atomic E-state index is 0.0174. The highest BCUT2D eigenvalue weighted by Crippen LogP contribution is 2.30. The van der Waals surface area contributed by atoms with Crippen LogP contribution < -0.4 is 10.2 Å². The summed E-state index contributed by atoms with van der Waals surface area (Å²) >= 11 is 0. The summed E-state index contributed by atoms with van der Waals surface area (Å²) in [5.41, 5.74) is 1.34. The molecule has 1 aromatic heterocycles. The van der Waals surface area contributed by atoms with Gasteiger partial charge in [-0.1, -0.05) is 38.1 Å². The smallest absolute Gasteiger partial charge is 0.356 e. The molecule has 0 saturated carbocycles. The van der Waals surface area contributed by atoms with Gasteiger partial charge in [-0.3, -0.25) is 4.79 Å². The molecule has 1 fully saturated rings. The van der Waals surface area contributed by atoms with Gasteiger partial charge in [-0.05, 0) is 29.9 Å². The number of rotatable bonds is 5. The van der Waals surface area contributed by atoms with Crippen LogP contribution >= 0.6 is 0 Å².